The lowest BCUT2D eigenvalue weighted by molar-refractivity contribution is 0.0948. The van der Waals surface area contributed by atoms with Gasteiger partial charge in [0.25, 0.3) is 5.91 Å². The van der Waals surface area contributed by atoms with Gasteiger partial charge in [0.15, 0.2) is 0 Å². The summed E-state index contributed by atoms with van der Waals surface area (Å²) in [6.45, 7) is 0.449. The van der Waals surface area contributed by atoms with Crippen molar-refractivity contribution in [2.75, 3.05) is 0 Å². The van der Waals surface area contributed by atoms with Crippen LogP contribution in [-0.2, 0) is 12.3 Å². The zero-order chi connectivity index (χ0) is 19.9. The zero-order valence-corrected chi connectivity index (χ0v) is 16.7. The molecule has 0 saturated heterocycles. The number of carbonyl (C=O) groups excluding carboxylic acids is 1. The number of hydrogen-bond acceptors (Lipinski definition) is 3. The molecule has 4 nitrogen and oxygen atoms in total. The van der Waals surface area contributed by atoms with Gasteiger partial charge in [-0.05, 0) is 29.3 Å². The van der Waals surface area contributed by atoms with Crippen molar-refractivity contribution in [1.29, 1.82) is 0 Å². The van der Waals surface area contributed by atoms with Crippen molar-refractivity contribution in [3.63, 3.8) is 0 Å². The van der Waals surface area contributed by atoms with Gasteiger partial charge in [0.2, 0.25) is 0 Å². The first kappa shape index (κ1) is 19.0. The number of nitrogens with one attached hydrogen (secondary N) is 1. The Morgan fingerprint density at radius 3 is 2.52 bits per heavy atom. The van der Waals surface area contributed by atoms with Crippen LogP contribution in [0, 0.1) is 0 Å². The highest BCUT2D eigenvalue weighted by Crippen LogP contribution is 2.26. The van der Waals surface area contributed by atoms with Crippen LogP contribution in [0.25, 0.3) is 5.69 Å². The van der Waals surface area contributed by atoms with E-state index in [1.165, 1.54) is 5.56 Å². The van der Waals surface area contributed by atoms with Gasteiger partial charge in [-0.15, -0.1) is 11.8 Å². The van der Waals surface area contributed by atoms with Crippen LogP contribution in [0.5, 0.6) is 0 Å². The molecule has 1 heterocycles. The van der Waals surface area contributed by atoms with E-state index in [4.69, 9.17) is 0 Å². The van der Waals surface area contributed by atoms with Crippen molar-refractivity contribution in [3.05, 3.63) is 114 Å². The monoisotopic (exact) mass is 399 g/mol. The van der Waals surface area contributed by atoms with Gasteiger partial charge < -0.3 is 9.88 Å². The molecule has 1 amide bonds. The van der Waals surface area contributed by atoms with Crippen molar-refractivity contribution in [2.45, 2.75) is 17.2 Å². The van der Waals surface area contributed by atoms with Gasteiger partial charge in [-0.3, -0.25) is 4.79 Å². The Morgan fingerprint density at radius 2 is 1.69 bits per heavy atom. The van der Waals surface area contributed by atoms with Crippen LogP contribution >= 0.6 is 11.8 Å². The second-order valence-corrected chi connectivity index (χ2v) is 7.57. The van der Waals surface area contributed by atoms with E-state index in [1.54, 1.807) is 24.3 Å². The Kier molecular flexibility index (Phi) is 6.07. The van der Waals surface area contributed by atoms with Gasteiger partial charge in [-0.1, -0.05) is 60.7 Å². The molecule has 0 fully saturated rings. The molecule has 0 saturated carbocycles. The predicted octanol–water partition coefficient (Wildman–Crippen LogP) is 5.09. The van der Waals surface area contributed by atoms with Gasteiger partial charge in [-0.25, -0.2) is 4.98 Å². The van der Waals surface area contributed by atoms with Gasteiger partial charge in [0.05, 0.1) is 17.6 Å². The van der Waals surface area contributed by atoms with E-state index < -0.39 is 0 Å². The summed E-state index contributed by atoms with van der Waals surface area (Å²) >= 11 is 1.68. The molecule has 5 heteroatoms. The quantitative estimate of drug-likeness (QED) is 0.440. The van der Waals surface area contributed by atoms with Crippen LogP contribution in [-0.4, -0.2) is 15.5 Å². The highest BCUT2D eigenvalue weighted by molar-refractivity contribution is 7.98. The molecule has 0 bridgehead atoms. The van der Waals surface area contributed by atoms with E-state index in [2.05, 4.69) is 22.4 Å². The number of nitrogens with zero attached hydrogens (tertiary/aromatic N) is 2. The van der Waals surface area contributed by atoms with Crippen molar-refractivity contribution in [2.24, 2.45) is 0 Å². The molecular formula is C24H21N3OS. The molecule has 3 aromatic carbocycles. The van der Waals surface area contributed by atoms with E-state index >= 15 is 0 Å². The van der Waals surface area contributed by atoms with Gasteiger partial charge in [0, 0.05) is 29.6 Å². The third-order valence-corrected chi connectivity index (χ3v) is 5.73. The molecule has 0 aliphatic heterocycles. The minimum atomic E-state index is -0.0680. The first-order chi connectivity index (χ1) is 14.3. The van der Waals surface area contributed by atoms with Crippen molar-refractivity contribution >= 4 is 17.7 Å². The predicted molar refractivity (Wildman–Crippen MR) is 117 cm³/mol. The lowest BCUT2D eigenvalue weighted by Crippen LogP contribution is -2.24. The Hall–Kier alpha value is -3.31. The minimum Gasteiger partial charge on any atom is -0.348 e. The van der Waals surface area contributed by atoms with E-state index in [-0.39, 0.29) is 5.91 Å². The summed E-state index contributed by atoms with van der Waals surface area (Å²) in [5, 5.41) is 3.07. The number of imidazole rings is 1. The van der Waals surface area contributed by atoms with Gasteiger partial charge >= 0.3 is 0 Å². The molecule has 0 atom stereocenters. The Labute approximate surface area is 174 Å². The number of rotatable bonds is 7. The third-order valence-electron chi connectivity index (χ3n) is 4.58. The van der Waals surface area contributed by atoms with Crippen molar-refractivity contribution in [1.82, 2.24) is 14.9 Å². The van der Waals surface area contributed by atoms with Gasteiger partial charge in [-0.2, -0.15) is 0 Å². The fraction of sp³-hybridized carbons (Fsp3) is 0.0833. The minimum absolute atomic E-state index is 0.0680. The second kappa shape index (κ2) is 9.26. The number of hydrogen-bond donors (Lipinski definition) is 1. The fourth-order valence-corrected chi connectivity index (χ4v) is 4.11. The molecular weight excluding hydrogens is 378 g/mol. The van der Waals surface area contributed by atoms with Crippen LogP contribution in [0.4, 0.5) is 0 Å². The Balaban J connectivity index is 1.46. The molecule has 0 aliphatic carbocycles. The molecule has 144 valence electrons. The number of thioether (sulfide) groups is 1. The molecule has 29 heavy (non-hydrogen) atoms. The maximum Gasteiger partial charge on any atom is 0.252 e. The number of amides is 1. The van der Waals surface area contributed by atoms with Crippen LogP contribution in [0.15, 0.2) is 102 Å². The number of benzene rings is 3. The molecule has 1 aromatic heterocycles. The van der Waals surface area contributed by atoms with Crippen molar-refractivity contribution < 1.29 is 4.79 Å². The maximum atomic E-state index is 12.9. The second-order valence-electron chi connectivity index (χ2n) is 6.55. The Morgan fingerprint density at radius 1 is 0.931 bits per heavy atom. The summed E-state index contributed by atoms with van der Waals surface area (Å²) < 4.78 is 1.95. The van der Waals surface area contributed by atoms with Crippen molar-refractivity contribution in [3.8, 4) is 5.69 Å². The standard InChI is InChI=1S/C24H21N3OS/c28-24(26-16-20-10-4-6-12-22(20)27-15-14-25-18-27)21-11-5-7-13-23(21)29-17-19-8-2-1-3-9-19/h1-15,18H,16-17H2,(H,26,28). The molecule has 0 unspecified atom stereocenters. The smallest absolute Gasteiger partial charge is 0.252 e. The first-order valence-electron chi connectivity index (χ1n) is 9.41. The van der Waals surface area contributed by atoms with E-state index in [9.17, 15) is 4.79 Å². The van der Waals surface area contributed by atoms with E-state index in [0.29, 0.717) is 12.1 Å². The molecule has 4 rings (SSSR count). The van der Waals surface area contributed by atoms with E-state index in [0.717, 1.165) is 21.9 Å². The summed E-state index contributed by atoms with van der Waals surface area (Å²) in [6.07, 6.45) is 5.40. The maximum absolute atomic E-state index is 12.9. The fourth-order valence-electron chi connectivity index (χ4n) is 3.10. The zero-order valence-electron chi connectivity index (χ0n) is 15.9. The molecule has 1 N–H and O–H groups in total. The van der Waals surface area contributed by atoms with Crippen LogP contribution in [0.2, 0.25) is 0 Å². The highest BCUT2D eigenvalue weighted by Gasteiger charge is 2.12. The van der Waals surface area contributed by atoms with Crippen LogP contribution in [0.1, 0.15) is 21.5 Å². The van der Waals surface area contributed by atoms with Crippen LogP contribution < -0.4 is 5.32 Å². The Bertz CT molecular complexity index is 1080. The summed E-state index contributed by atoms with van der Waals surface area (Å²) in [7, 11) is 0. The first-order valence-corrected chi connectivity index (χ1v) is 10.4. The number of para-hydroxylation sites is 1. The molecule has 4 aromatic rings. The number of aromatic nitrogens is 2. The molecule has 0 aliphatic rings. The normalized spacial score (nSPS) is 10.6. The van der Waals surface area contributed by atoms with Crippen LogP contribution in [0.3, 0.4) is 0 Å². The summed E-state index contributed by atoms with van der Waals surface area (Å²) in [5.74, 6) is 0.760. The average Bonchev–Trinajstić information content (AvgIpc) is 3.32. The highest BCUT2D eigenvalue weighted by atomic mass is 32.2. The largest absolute Gasteiger partial charge is 0.348 e. The lowest BCUT2D eigenvalue weighted by atomic mass is 10.1. The molecule has 0 spiro atoms. The van der Waals surface area contributed by atoms with Gasteiger partial charge in [0.1, 0.15) is 0 Å². The van der Waals surface area contributed by atoms with E-state index in [1.807, 2.05) is 77.5 Å². The SMILES string of the molecule is O=C(NCc1ccccc1-n1ccnc1)c1ccccc1SCc1ccccc1. The molecule has 0 radical (unpaired) electrons. The third kappa shape index (κ3) is 4.76. The topological polar surface area (TPSA) is 46.9 Å². The lowest BCUT2D eigenvalue weighted by Gasteiger charge is -2.13. The summed E-state index contributed by atoms with van der Waals surface area (Å²) in [6, 6.07) is 26.0. The summed E-state index contributed by atoms with van der Waals surface area (Å²) in [4.78, 5) is 18.0. The number of carbonyl (C=O) groups is 1. The average molecular weight is 400 g/mol. The summed E-state index contributed by atoms with van der Waals surface area (Å²) in [5.41, 5.74) is 3.99.